The van der Waals surface area contributed by atoms with E-state index in [1.807, 2.05) is 111 Å². The van der Waals surface area contributed by atoms with E-state index >= 15 is 0 Å². The van der Waals surface area contributed by atoms with E-state index in [9.17, 15) is 15.5 Å². The Morgan fingerprint density at radius 3 is 1.77 bits per heavy atom. The van der Waals surface area contributed by atoms with Gasteiger partial charge in [-0.25, -0.2) is 0 Å². The number of aromatic nitrogens is 2. The highest BCUT2D eigenvalue weighted by Crippen LogP contribution is 2.32. The molecule has 6 N–H and O–H groups in total. The highest BCUT2D eigenvalue weighted by atomic mass is 35.5. The van der Waals surface area contributed by atoms with Gasteiger partial charge in [-0.05, 0) is 97.8 Å². The second-order valence-corrected chi connectivity index (χ2v) is 13.1. The molecule has 0 spiro atoms. The molecule has 0 radical (unpaired) electrons. The van der Waals surface area contributed by atoms with Gasteiger partial charge in [-0.3, -0.25) is 4.98 Å². The number of anilines is 4. The van der Waals surface area contributed by atoms with Crippen LogP contribution in [0, 0.1) is 13.8 Å². The molecule has 0 atom stereocenters. The Morgan fingerprint density at radius 1 is 0.660 bits per heavy atom. The van der Waals surface area contributed by atoms with E-state index in [0.29, 0.717) is 26.9 Å². The van der Waals surface area contributed by atoms with Gasteiger partial charge in [-0.2, -0.15) is 0 Å². The lowest BCUT2D eigenvalue weighted by Crippen LogP contribution is -2.08. The van der Waals surface area contributed by atoms with E-state index in [2.05, 4.69) is 30.9 Å². The van der Waals surface area contributed by atoms with Crippen LogP contribution in [0.15, 0.2) is 138 Å². The summed E-state index contributed by atoms with van der Waals surface area (Å²) in [5.74, 6) is -0.160. The second kappa shape index (κ2) is 16.6. The maximum absolute atomic E-state index is 9.74. The third-order valence-corrected chi connectivity index (χ3v) is 9.41. The molecule has 0 fully saturated rings. The zero-order chi connectivity index (χ0) is 37.5. The van der Waals surface area contributed by atoms with Crippen molar-refractivity contribution in [3.8, 4) is 5.75 Å². The maximum Gasteiger partial charge on any atom is 0.138 e. The zero-order valence-corrected chi connectivity index (χ0v) is 30.7. The predicted molar refractivity (Wildman–Crippen MR) is 216 cm³/mol. The van der Waals surface area contributed by atoms with Gasteiger partial charge >= 0.3 is 0 Å². The molecule has 0 saturated heterocycles. The minimum absolute atomic E-state index is 0.0153. The number of rotatable bonds is 8. The summed E-state index contributed by atoms with van der Waals surface area (Å²) in [5, 5.41) is 44.1. The summed E-state index contributed by atoms with van der Waals surface area (Å²) in [4.78, 5) is 7.23. The third-order valence-electron chi connectivity index (χ3n) is 8.42. The molecule has 0 aliphatic carbocycles. The maximum atomic E-state index is 9.74. The molecule has 12 heteroatoms. The third kappa shape index (κ3) is 8.39. The van der Waals surface area contributed by atoms with Crippen LogP contribution in [0.4, 0.5) is 22.7 Å². The van der Waals surface area contributed by atoms with Crippen molar-refractivity contribution in [2.24, 2.45) is 10.3 Å². The number of nitrogens with zero attached hydrogens (tertiary/aromatic N) is 3. The van der Waals surface area contributed by atoms with Crippen LogP contribution < -0.4 is 10.6 Å². The molecule has 53 heavy (non-hydrogen) atoms. The number of aromatic amines is 1. The number of pyridine rings is 1. The van der Waals surface area contributed by atoms with Crippen LogP contribution in [0.25, 0.3) is 10.9 Å². The van der Waals surface area contributed by atoms with Crippen molar-refractivity contribution in [3.05, 3.63) is 176 Å². The molecule has 0 aliphatic rings. The quantitative estimate of drug-likeness (QED) is 0.0518. The number of aryl methyl sites for hydroxylation is 2. The first kappa shape index (κ1) is 36.8. The van der Waals surface area contributed by atoms with Gasteiger partial charge in [-0.15, -0.1) is 0 Å². The number of H-pyrrole nitrogens is 1. The highest BCUT2D eigenvalue weighted by Gasteiger charge is 2.19. The molecule has 0 bridgehead atoms. The largest absolute Gasteiger partial charge is 0.506 e. The molecule has 5 aromatic carbocycles. The zero-order valence-electron chi connectivity index (χ0n) is 28.4. The molecule has 7 aromatic rings. The summed E-state index contributed by atoms with van der Waals surface area (Å²) < 4.78 is 0. The lowest BCUT2D eigenvalue weighted by atomic mass is 10.0. The van der Waals surface area contributed by atoms with Crippen LogP contribution in [-0.2, 0) is 0 Å². The molecular formula is C41H33Cl3N6O3. The van der Waals surface area contributed by atoms with E-state index in [0.717, 1.165) is 50.3 Å². The van der Waals surface area contributed by atoms with Gasteiger partial charge in [0.05, 0.1) is 10.0 Å². The minimum atomic E-state index is -0.160. The van der Waals surface area contributed by atoms with Crippen molar-refractivity contribution >= 4 is 79.9 Å². The average molecular weight is 764 g/mol. The summed E-state index contributed by atoms with van der Waals surface area (Å²) in [6.45, 7) is 4.05. The molecule has 7 rings (SSSR count). The van der Waals surface area contributed by atoms with Crippen LogP contribution in [0.5, 0.6) is 5.75 Å². The van der Waals surface area contributed by atoms with Crippen LogP contribution >= 0.6 is 34.8 Å². The van der Waals surface area contributed by atoms with Crippen molar-refractivity contribution in [1.29, 1.82) is 0 Å². The van der Waals surface area contributed by atoms with Gasteiger partial charge < -0.3 is 31.1 Å². The van der Waals surface area contributed by atoms with Crippen LogP contribution in [0.1, 0.15) is 33.5 Å². The monoisotopic (exact) mass is 762 g/mol. The molecule has 0 unspecified atom stereocenters. The van der Waals surface area contributed by atoms with E-state index in [4.69, 9.17) is 34.8 Å². The van der Waals surface area contributed by atoms with Crippen molar-refractivity contribution in [2.45, 2.75) is 13.8 Å². The normalized spacial score (nSPS) is 11.6. The van der Waals surface area contributed by atoms with E-state index < -0.39 is 0 Å². The van der Waals surface area contributed by atoms with Gasteiger partial charge in [0.25, 0.3) is 0 Å². The van der Waals surface area contributed by atoms with E-state index in [1.54, 1.807) is 18.2 Å². The average Bonchev–Trinajstić information content (AvgIpc) is 3.63. The van der Waals surface area contributed by atoms with Gasteiger partial charge in [0.15, 0.2) is 0 Å². The first-order valence-electron chi connectivity index (χ1n) is 16.3. The molecule has 2 aromatic heterocycles. The summed E-state index contributed by atoms with van der Waals surface area (Å²) in [6, 6.07) is 35.9. The van der Waals surface area contributed by atoms with Crippen molar-refractivity contribution < 1.29 is 15.5 Å². The van der Waals surface area contributed by atoms with Crippen LogP contribution in [-0.4, -0.2) is 36.9 Å². The number of para-hydroxylation sites is 2. The van der Waals surface area contributed by atoms with Gasteiger partial charge in [0.2, 0.25) is 0 Å². The number of oxime groups is 2. The lowest BCUT2D eigenvalue weighted by Gasteiger charge is -2.12. The first-order valence-corrected chi connectivity index (χ1v) is 17.4. The number of halogens is 3. The lowest BCUT2D eigenvalue weighted by molar-refractivity contribution is 0.319. The Labute approximate surface area is 320 Å². The van der Waals surface area contributed by atoms with E-state index in [1.165, 1.54) is 12.3 Å². The predicted octanol–water partition coefficient (Wildman–Crippen LogP) is 11.5. The smallest absolute Gasteiger partial charge is 0.138 e. The fourth-order valence-corrected chi connectivity index (χ4v) is 6.34. The number of fused-ring (bicyclic) bond motifs is 1. The fourth-order valence-electron chi connectivity index (χ4n) is 5.60. The van der Waals surface area contributed by atoms with Crippen molar-refractivity contribution in [2.75, 3.05) is 10.6 Å². The Bertz CT molecular complexity index is 2480. The topological polar surface area (TPSA) is 138 Å². The summed E-state index contributed by atoms with van der Waals surface area (Å²) in [6.07, 6.45) is 3.24. The van der Waals surface area contributed by atoms with E-state index in [-0.39, 0.29) is 22.2 Å². The van der Waals surface area contributed by atoms with Crippen molar-refractivity contribution in [3.63, 3.8) is 0 Å². The highest BCUT2D eigenvalue weighted by molar-refractivity contribution is 6.39. The Morgan fingerprint density at radius 2 is 1.23 bits per heavy atom. The molecule has 266 valence electrons. The number of hydrogen-bond donors (Lipinski definition) is 6. The van der Waals surface area contributed by atoms with Gasteiger partial charge in [0, 0.05) is 62.7 Å². The van der Waals surface area contributed by atoms with Gasteiger partial charge in [-0.1, -0.05) is 87.6 Å². The summed E-state index contributed by atoms with van der Waals surface area (Å²) in [5.41, 5.74) is 9.45. The van der Waals surface area contributed by atoms with Crippen molar-refractivity contribution in [1.82, 2.24) is 9.97 Å². The molecule has 2 heterocycles. The molecule has 0 aliphatic heterocycles. The Balaban J connectivity index is 0.000000182. The SMILES string of the molecule is Cc1ccccc1Nc1ccc(C(=NO)c2ccc3[nH]ccc3c2)c(Cl)c1.Cc1ccccc1Nc1ccc(C(=NO)c2nccc(O)c2Cl)c(Cl)c1. The number of benzene rings is 5. The Kier molecular flexibility index (Phi) is 11.5. The second-order valence-electron chi connectivity index (χ2n) is 11.9. The van der Waals surface area contributed by atoms with Crippen LogP contribution in [0.2, 0.25) is 15.1 Å². The first-order chi connectivity index (χ1) is 25.7. The van der Waals surface area contributed by atoms with Crippen LogP contribution in [0.3, 0.4) is 0 Å². The Hall–Kier alpha value is -6.00. The van der Waals surface area contributed by atoms with Gasteiger partial charge in [0.1, 0.15) is 27.9 Å². The number of nitrogens with one attached hydrogen (secondary N) is 3. The summed E-state index contributed by atoms with van der Waals surface area (Å²) in [7, 11) is 0. The number of aromatic hydroxyl groups is 1. The minimum Gasteiger partial charge on any atom is -0.506 e. The standard InChI is InChI=1S/C22H18ClN3O.C19H15Cl2N3O2/c1-14-4-2-3-5-20(14)25-17-7-8-18(19(23)13-17)22(26-27)16-6-9-21-15(12-16)10-11-24-21;1-11-4-2-3-5-15(11)23-12-6-7-13(14(20)10-12)18(24-26)19-17(21)16(25)8-9-22-19/h2-13,24-25,27H,1H3;2-10,23,26H,1H3,(H,22,25). The fraction of sp³-hybridized carbons (Fsp3) is 0.0488. The molecular weight excluding hydrogens is 731 g/mol. The molecule has 0 amide bonds. The summed E-state index contributed by atoms with van der Waals surface area (Å²) >= 11 is 19.0. The molecule has 9 nitrogen and oxygen atoms in total. The number of hydrogen-bond acceptors (Lipinski definition) is 8. The molecule has 0 saturated carbocycles.